The zero-order valence-corrected chi connectivity index (χ0v) is 49.2. The van der Waals surface area contributed by atoms with E-state index in [9.17, 15) is 30.3 Å². The molecule has 9 heteroatoms. The summed E-state index contributed by atoms with van der Waals surface area (Å²) in [6, 6.07) is -0.842. The predicted octanol–water partition coefficient (Wildman–Crippen LogP) is 16.5. The molecule has 1 aliphatic heterocycles. The van der Waals surface area contributed by atoms with E-state index in [0.717, 1.165) is 103 Å². The SMILES string of the molecule is CC/C=C\C/C=C\C/C=C\C/C=C\C/C=C\C/C=C\C/C=C\CCCCCCCC(=O)NC(COC1OC(CO)C(O)C(O)C1O)C(O)/C=C/CC/C=C/CCCCCCCCCCCCCCCCCCCCCCC. The van der Waals surface area contributed by atoms with Crippen LogP contribution in [0.25, 0.3) is 0 Å². The van der Waals surface area contributed by atoms with Crippen molar-refractivity contribution in [2.45, 2.75) is 301 Å². The monoisotopic (exact) mass is 1080 g/mol. The van der Waals surface area contributed by atoms with Crippen molar-refractivity contribution in [3.63, 3.8) is 0 Å². The summed E-state index contributed by atoms with van der Waals surface area (Å²) in [4.78, 5) is 13.1. The number of nitrogens with one attached hydrogen (secondary N) is 1. The van der Waals surface area contributed by atoms with Crippen LogP contribution in [0.4, 0.5) is 0 Å². The molecular weight excluding hydrogens is 959 g/mol. The average molecular weight is 1080 g/mol. The Kier molecular flexibility index (Phi) is 52.4. The Hall–Kier alpha value is -3.15. The van der Waals surface area contributed by atoms with Crippen molar-refractivity contribution in [3.8, 4) is 0 Å². The Bertz CT molecular complexity index is 1580. The lowest BCUT2D eigenvalue weighted by atomic mass is 9.99. The maximum atomic E-state index is 13.1. The Morgan fingerprint density at radius 1 is 0.455 bits per heavy atom. The smallest absolute Gasteiger partial charge is 0.220 e. The van der Waals surface area contributed by atoms with E-state index in [4.69, 9.17) is 9.47 Å². The highest BCUT2D eigenvalue weighted by Gasteiger charge is 2.44. The highest BCUT2D eigenvalue weighted by molar-refractivity contribution is 5.76. The normalized spacial score (nSPS) is 19.5. The van der Waals surface area contributed by atoms with Gasteiger partial charge < -0.3 is 40.3 Å². The molecule has 0 spiro atoms. The highest BCUT2D eigenvalue weighted by Crippen LogP contribution is 2.23. The molecule has 1 fully saturated rings. The van der Waals surface area contributed by atoms with Crippen LogP contribution in [-0.4, -0.2) is 87.5 Å². The van der Waals surface area contributed by atoms with Gasteiger partial charge in [-0.15, -0.1) is 0 Å². The Labute approximate surface area is 472 Å². The molecule has 7 atom stereocenters. The lowest BCUT2D eigenvalue weighted by Crippen LogP contribution is -2.60. The van der Waals surface area contributed by atoms with Crippen molar-refractivity contribution in [1.82, 2.24) is 5.32 Å². The van der Waals surface area contributed by atoms with Crippen LogP contribution in [-0.2, 0) is 14.3 Å². The third-order valence-corrected chi connectivity index (χ3v) is 14.3. The number of allylic oxidation sites excluding steroid dienone is 17. The van der Waals surface area contributed by atoms with Gasteiger partial charge in [0, 0.05) is 6.42 Å². The molecule has 1 saturated heterocycles. The summed E-state index contributed by atoms with van der Waals surface area (Å²) in [5.74, 6) is -0.208. The third kappa shape index (κ3) is 45.3. The molecule has 0 bridgehead atoms. The van der Waals surface area contributed by atoms with Crippen LogP contribution in [0.2, 0.25) is 0 Å². The molecule has 0 saturated carbocycles. The van der Waals surface area contributed by atoms with Gasteiger partial charge in [-0.1, -0.05) is 271 Å². The zero-order valence-electron chi connectivity index (χ0n) is 49.2. The van der Waals surface area contributed by atoms with Crippen molar-refractivity contribution < 1.29 is 39.8 Å². The minimum absolute atomic E-state index is 0.208. The first kappa shape index (κ1) is 71.9. The first-order chi connectivity index (χ1) is 37.8. The van der Waals surface area contributed by atoms with Gasteiger partial charge in [-0.25, -0.2) is 0 Å². The van der Waals surface area contributed by atoms with Gasteiger partial charge in [-0.05, 0) is 89.9 Å². The standard InChI is InChI=1S/C68H117NO8/c1-3-5-7-9-11-13-15-17-19-21-23-25-27-29-31-33-35-37-39-41-43-45-47-49-51-53-55-57-62(71)61(60-76-68-67(75)66(74)65(73)63(59-70)77-68)69-64(72)58-56-54-52-50-48-46-44-42-40-38-36-34-32-30-28-26-24-22-20-18-16-14-12-10-8-6-4-2/h6,8,12,14,18,20,24,26,30,32,36,38,42,44,47,49,55,57,61-63,65-68,70-71,73-75H,3-5,7,9-11,13,15-17,19,21-23,25,27-29,31,33-35,37,39-41,43,45-46,48,50-54,56,58-60H2,1-2H3,(H,69,72)/b8-6-,14-12-,20-18-,26-24-,32-30-,38-36-,44-42-,49-47+,57-55+. The minimum atomic E-state index is -1.58. The molecule has 442 valence electrons. The third-order valence-electron chi connectivity index (χ3n) is 14.3. The molecule has 7 unspecified atom stereocenters. The van der Waals surface area contributed by atoms with Gasteiger partial charge in [0.05, 0.1) is 25.4 Å². The van der Waals surface area contributed by atoms with E-state index in [1.165, 1.54) is 135 Å². The van der Waals surface area contributed by atoms with Crippen molar-refractivity contribution in [3.05, 3.63) is 109 Å². The van der Waals surface area contributed by atoms with E-state index in [1.54, 1.807) is 6.08 Å². The van der Waals surface area contributed by atoms with Gasteiger partial charge in [0.1, 0.15) is 24.4 Å². The second-order valence-corrected chi connectivity index (χ2v) is 21.5. The summed E-state index contributed by atoms with van der Waals surface area (Å²) < 4.78 is 11.3. The molecule has 1 rings (SSSR count). The lowest BCUT2D eigenvalue weighted by molar-refractivity contribution is -0.302. The van der Waals surface area contributed by atoms with Crippen molar-refractivity contribution in [2.75, 3.05) is 13.2 Å². The fourth-order valence-electron chi connectivity index (χ4n) is 9.39. The molecule has 1 heterocycles. The highest BCUT2D eigenvalue weighted by atomic mass is 16.7. The molecule has 0 aromatic heterocycles. The van der Waals surface area contributed by atoms with Crippen molar-refractivity contribution in [1.29, 1.82) is 0 Å². The summed E-state index contributed by atoms with van der Waals surface area (Å²) in [6.45, 7) is 3.65. The lowest BCUT2D eigenvalue weighted by Gasteiger charge is -2.40. The van der Waals surface area contributed by atoms with Crippen LogP contribution in [0, 0.1) is 0 Å². The molecule has 0 aromatic carbocycles. The Morgan fingerprint density at radius 2 is 0.818 bits per heavy atom. The van der Waals surface area contributed by atoms with E-state index in [-0.39, 0.29) is 12.5 Å². The average Bonchev–Trinajstić information content (AvgIpc) is 3.43. The van der Waals surface area contributed by atoms with Gasteiger partial charge in [-0.3, -0.25) is 4.79 Å². The van der Waals surface area contributed by atoms with E-state index in [0.29, 0.717) is 6.42 Å². The minimum Gasteiger partial charge on any atom is -0.394 e. The Balaban J connectivity index is 2.25. The summed E-state index contributed by atoms with van der Waals surface area (Å²) >= 11 is 0. The number of aliphatic hydroxyl groups excluding tert-OH is 5. The first-order valence-corrected chi connectivity index (χ1v) is 31.6. The maximum absolute atomic E-state index is 13.1. The first-order valence-electron chi connectivity index (χ1n) is 31.6. The van der Waals surface area contributed by atoms with Gasteiger partial charge in [0.15, 0.2) is 6.29 Å². The van der Waals surface area contributed by atoms with Gasteiger partial charge in [0.2, 0.25) is 5.91 Å². The fraction of sp³-hybridized carbons (Fsp3) is 0.721. The van der Waals surface area contributed by atoms with E-state index in [1.807, 2.05) is 6.08 Å². The van der Waals surface area contributed by atoms with Crippen LogP contribution in [0.1, 0.15) is 258 Å². The molecule has 9 nitrogen and oxygen atoms in total. The van der Waals surface area contributed by atoms with Crippen LogP contribution in [0.5, 0.6) is 0 Å². The topological polar surface area (TPSA) is 149 Å². The molecule has 1 aliphatic rings. The van der Waals surface area contributed by atoms with Crippen LogP contribution in [0.3, 0.4) is 0 Å². The number of hydrogen-bond donors (Lipinski definition) is 6. The summed E-state index contributed by atoms with van der Waals surface area (Å²) in [5.41, 5.74) is 0. The number of carbonyl (C=O) groups excluding carboxylic acids is 1. The molecule has 1 amide bonds. The maximum Gasteiger partial charge on any atom is 0.220 e. The van der Waals surface area contributed by atoms with Crippen LogP contribution >= 0.6 is 0 Å². The van der Waals surface area contributed by atoms with E-state index in [2.05, 4.69) is 116 Å². The van der Waals surface area contributed by atoms with Gasteiger partial charge >= 0.3 is 0 Å². The van der Waals surface area contributed by atoms with Gasteiger partial charge in [0.25, 0.3) is 0 Å². The van der Waals surface area contributed by atoms with Crippen LogP contribution < -0.4 is 5.32 Å². The number of hydrogen-bond acceptors (Lipinski definition) is 8. The number of unbranched alkanes of at least 4 members (excludes halogenated alkanes) is 27. The number of amides is 1. The molecule has 77 heavy (non-hydrogen) atoms. The number of aliphatic hydroxyl groups is 5. The molecule has 6 N–H and O–H groups in total. The molecule has 0 radical (unpaired) electrons. The van der Waals surface area contributed by atoms with E-state index < -0.39 is 49.5 Å². The van der Waals surface area contributed by atoms with Crippen molar-refractivity contribution >= 4 is 5.91 Å². The molecule has 0 aromatic rings. The fourth-order valence-corrected chi connectivity index (χ4v) is 9.39. The summed E-state index contributed by atoms with van der Waals surface area (Å²) in [6.07, 6.45) is 75.9. The number of rotatable bonds is 53. The number of ether oxygens (including phenoxy) is 2. The second kappa shape index (κ2) is 56.1. The second-order valence-electron chi connectivity index (χ2n) is 21.5. The van der Waals surface area contributed by atoms with Crippen molar-refractivity contribution in [2.24, 2.45) is 0 Å². The Morgan fingerprint density at radius 3 is 1.25 bits per heavy atom. The summed E-state index contributed by atoms with van der Waals surface area (Å²) in [5, 5.41) is 54.6. The predicted molar refractivity (Wildman–Crippen MR) is 327 cm³/mol. The summed E-state index contributed by atoms with van der Waals surface area (Å²) in [7, 11) is 0. The van der Waals surface area contributed by atoms with Gasteiger partial charge in [-0.2, -0.15) is 0 Å². The van der Waals surface area contributed by atoms with E-state index >= 15 is 0 Å². The molecular formula is C68H117NO8. The quantitative estimate of drug-likeness (QED) is 0.0261. The molecule has 0 aliphatic carbocycles. The number of carbonyl (C=O) groups is 1. The van der Waals surface area contributed by atoms with Crippen LogP contribution in [0.15, 0.2) is 109 Å². The zero-order chi connectivity index (χ0) is 55.8. The largest absolute Gasteiger partial charge is 0.394 e.